The number of alkyl halides is 4. The maximum atomic E-state index is 12.3. The minimum Gasteiger partial charge on any atom is -0.493 e. The Kier molecular flexibility index (Phi) is 7.30. The average Bonchev–Trinajstić information content (AvgIpc) is 2.66. The fourth-order valence-electron chi connectivity index (χ4n) is 2.30. The topological polar surface area (TPSA) is 66.0 Å². The zero-order chi connectivity index (χ0) is 20.7. The van der Waals surface area contributed by atoms with Crippen LogP contribution >= 0.6 is 0 Å². The molecule has 0 heterocycles. The molecule has 0 spiro atoms. The molecule has 2 rings (SSSR count). The Hall–Kier alpha value is -3.17. The monoisotopic (exact) mass is 403 g/mol. The van der Waals surface area contributed by atoms with Gasteiger partial charge in [-0.15, -0.1) is 0 Å². The van der Waals surface area contributed by atoms with Crippen molar-refractivity contribution in [3.63, 3.8) is 0 Å². The van der Waals surface area contributed by atoms with Gasteiger partial charge in [0.05, 0.1) is 14.2 Å². The van der Waals surface area contributed by atoms with E-state index in [-0.39, 0.29) is 35.1 Å². The third-order valence-corrected chi connectivity index (χ3v) is 3.54. The number of carbonyl (C=O) groups excluding carboxylic acids is 1. The zero-order valence-electron chi connectivity index (χ0n) is 14.9. The first kappa shape index (κ1) is 21.1. The Balaban J connectivity index is 2.07. The van der Waals surface area contributed by atoms with Gasteiger partial charge < -0.3 is 24.3 Å². The van der Waals surface area contributed by atoms with Crippen LogP contribution in [-0.2, 0) is 6.54 Å². The summed E-state index contributed by atoms with van der Waals surface area (Å²) < 4.78 is 67.9. The van der Waals surface area contributed by atoms with Gasteiger partial charge in [-0.05, 0) is 35.9 Å². The van der Waals surface area contributed by atoms with Crippen LogP contribution in [0.2, 0.25) is 0 Å². The third-order valence-electron chi connectivity index (χ3n) is 3.54. The van der Waals surface area contributed by atoms with Gasteiger partial charge in [0.15, 0.2) is 23.0 Å². The summed E-state index contributed by atoms with van der Waals surface area (Å²) in [6.45, 7) is -5.96. The molecule has 0 radical (unpaired) electrons. The molecule has 0 unspecified atom stereocenters. The molecule has 0 saturated carbocycles. The van der Waals surface area contributed by atoms with Crippen LogP contribution in [0.5, 0.6) is 23.0 Å². The first-order chi connectivity index (χ1) is 13.3. The van der Waals surface area contributed by atoms with E-state index in [2.05, 4.69) is 14.8 Å². The number of halogens is 4. The molecule has 2 aromatic carbocycles. The van der Waals surface area contributed by atoms with Crippen molar-refractivity contribution in [1.82, 2.24) is 5.32 Å². The number of benzene rings is 2. The van der Waals surface area contributed by atoms with Gasteiger partial charge >= 0.3 is 13.2 Å². The number of methoxy groups -OCH3 is 2. The van der Waals surface area contributed by atoms with Crippen LogP contribution in [0.1, 0.15) is 15.9 Å². The summed E-state index contributed by atoms with van der Waals surface area (Å²) in [6.07, 6.45) is 0. The molecule has 0 bridgehead atoms. The van der Waals surface area contributed by atoms with Crippen LogP contribution < -0.4 is 24.3 Å². The van der Waals surface area contributed by atoms with E-state index in [0.717, 1.165) is 0 Å². The summed E-state index contributed by atoms with van der Waals surface area (Å²) in [7, 11) is 2.55. The van der Waals surface area contributed by atoms with E-state index in [0.29, 0.717) is 5.56 Å². The SMILES string of the molecule is COc1cc(CNC(=O)c2ccc(OC(F)F)c(OC)c2)ccc1OC(F)F. The van der Waals surface area contributed by atoms with Gasteiger partial charge in [-0.2, -0.15) is 17.6 Å². The molecule has 2 aromatic rings. The molecule has 6 nitrogen and oxygen atoms in total. The maximum Gasteiger partial charge on any atom is 0.387 e. The Morgan fingerprint density at radius 3 is 1.93 bits per heavy atom. The van der Waals surface area contributed by atoms with Gasteiger partial charge in [0.2, 0.25) is 0 Å². The molecule has 1 amide bonds. The van der Waals surface area contributed by atoms with Gasteiger partial charge in [-0.3, -0.25) is 4.79 Å². The molecular formula is C18H17F4NO5. The lowest BCUT2D eigenvalue weighted by Gasteiger charge is -2.13. The van der Waals surface area contributed by atoms with E-state index in [9.17, 15) is 22.4 Å². The number of rotatable bonds is 9. The Morgan fingerprint density at radius 2 is 1.39 bits per heavy atom. The van der Waals surface area contributed by atoms with Crippen molar-refractivity contribution in [1.29, 1.82) is 0 Å². The largest absolute Gasteiger partial charge is 0.493 e. The van der Waals surface area contributed by atoms with Crippen LogP contribution in [0.4, 0.5) is 17.6 Å². The number of ether oxygens (including phenoxy) is 4. The number of hydrogen-bond acceptors (Lipinski definition) is 5. The fourth-order valence-corrected chi connectivity index (χ4v) is 2.30. The molecule has 0 aliphatic heterocycles. The Bertz CT molecular complexity index is 817. The minimum absolute atomic E-state index is 0.0249. The molecule has 10 heteroatoms. The Labute approximate surface area is 158 Å². The first-order valence-electron chi connectivity index (χ1n) is 7.86. The number of carbonyl (C=O) groups is 1. The van der Waals surface area contributed by atoms with Crippen LogP contribution in [0.3, 0.4) is 0 Å². The van der Waals surface area contributed by atoms with Crippen molar-refractivity contribution in [2.24, 2.45) is 0 Å². The first-order valence-corrected chi connectivity index (χ1v) is 7.86. The lowest BCUT2D eigenvalue weighted by molar-refractivity contribution is -0.0518. The summed E-state index contributed by atoms with van der Waals surface area (Å²) in [5, 5.41) is 2.61. The number of nitrogens with one attached hydrogen (secondary N) is 1. The van der Waals surface area contributed by atoms with Crippen molar-refractivity contribution in [2.75, 3.05) is 14.2 Å². The highest BCUT2D eigenvalue weighted by Crippen LogP contribution is 2.30. The molecule has 0 aliphatic rings. The van der Waals surface area contributed by atoms with E-state index < -0.39 is 19.1 Å². The van der Waals surface area contributed by atoms with Gasteiger partial charge in [-0.25, -0.2) is 0 Å². The van der Waals surface area contributed by atoms with Gasteiger partial charge in [0.1, 0.15) is 0 Å². The molecule has 0 atom stereocenters. The average molecular weight is 403 g/mol. The van der Waals surface area contributed by atoms with Crippen molar-refractivity contribution < 1.29 is 41.3 Å². The lowest BCUT2D eigenvalue weighted by Crippen LogP contribution is -2.23. The zero-order valence-corrected chi connectivity index (χ0v) is 14.9. The third kappa shape index (κ3) is 5.66. The minimum atomic E-state index is -3.03. The molecule has 28 heavy (non-hydrogen) atoms. The van der Waals surface area contributed by atoms with Crippen LogP contribution in [-0.4, -0.2) is 33.3 Å². The predicted molar refractivity (Wildman–Crippen MR) is 90.4 cm³/mol. The molecule has 0 saturated heterocycles. The lowest BCUT2D eigenvalue weighted by atomic mass is 10.1. The van der Waals surface area contributed by atoms with E-state index in [1.165, 1.54) is 50.6 Å². The predicted octanol–water partition coefficient (Wildman–Crippen LogP) is 3.84. The Morgan fingerprint density at radius 1 is 0.857 bits per heavy atom. The van der Waals surface area contributed by atoms with E-state index >= 15 is 0 Å². The van der Waals surface area contributed by atoms with Gasteiger partial charge in [0.25, 0.3) is 5.91 Å². The smallest absolute Gasteiger partial charge is 0.387 e. The molecule has 0 fully saturated rings. The summed E-state index contributed by atoms with van der Waals surface area (Å²) in [5.41, 5.74) is 0.722. The van der Waals surface area contributed by atoms with Crippen molar-refractivity contribution >= 4 is 5.91 Å². The molecule has 152 valence electrons. The van der Waals surface area contributed by atoms with Gasteiger partial charge in [0, 0.05) is 12.1 Å². The van der Waals surface area contributed by atoms with Crippen molar-refractivity contribution in [3.8, 4) is 23.0 Å². The van der Waals surface area contributed by atoms with Gasteiger partial charge in [-0.1, -0.05) is 6.07 Å². The van der Waals surface area contributed by atoms with Crippen LogP contribution in [0, 0.1) is 0 Å². The summed E-state index contributed by atoms with van der Waals surface area (Å²) >= 11 is 0. The summed E-state index contributed by atoms with van der Waals surface area (Å²) in [6, 6.07) is 7.98. The highest BCUT2D eigenvalue weighted by Gasteiger charge is 2.15. The normalized spacial score (nSPS) is 10.7. The molecule has 0 aromatic heterocycles. The maximum absolute atomic E-state index is 12.3. The second-order valence-electron chi connectivity index (χ2n) is 5.29. The number of amides is 1. The van der Waals surface area contributed by atoms with E-state index in [4.69, 9.17) is 9.47 Å². The highest BCUT2D eigenvalue weighted by atomic mass is 19.3. The number of hydrogen-bond donors (Lipinski definition) is 1. The second kappa shape index (κ2) is 9.67. The van der Waals surface area contributed by atoms with Crippen LogP contribution in [0.25, 0.3) is 0 Å². The molecule has 1 N–H and O–H groups in total. The molecular weight excluding hydrogens is 386 g/mol. The second-order valence-corrected chi connectivity index (χ2v) is 5.29. The van der Waals surface area contributed by atoms with Crippen molar-refractivity contribution in [3.05, 3.63) is 47.5 Å². The van der Waals surface area contributed by atoms with Crippen molar-refractivity contribution in [2.45, 2.75) is 19.8 Å². The van der Waals surface area contributed by atoms with Crippen LogP contribution in [0.15, 0.2) is 36.4 Å². The molecule has 0 aliphatic carbocycles. The fraction of sp³-hybridized carbons (Fsp3) is 0.278. The summed E-state index contributed by atoms with van der Waals surface area (Å²) in [4.78, 5) is 12.3. The highest BCUT2D eigenvalue weighted by molar-refractivity contribution is 5.94. The van der Waals surface area contributed by atoms with E-state index in [1.54, 1.807) is 0 Å². The summed E-state index contributed by atoms with van der Waals surface area (Å²) in [5.74, 6) is -0.778. The van der Waals surface area contributed by atoms with E-state index in [1.807, 2.05) is 0 Å². The standard InChI is InChI=1S/C18H17F4NO5/c1-25-14-7-10(3-5-12(14)27-17(19)20)9-23-16(24)11-4-6-13(28-18(21)22)15(8-11)26-2/h3-8,17-18H,9H2,1-2H3,(H,23,24). The quantitative estimate of drug-likeness (QED) is 0.645.